The van der Waals surface area contributed by atoms with Crippen molar-refractivity contribution in [2.24, 2.45) is 0 Å². The number of rotatable bonds is 8. The molecule has 2 aliphatic heterocycles. The highest BCUT2D eigenvalue weighted by atomic mass is 15.3. The molecule has 19 heavy (non-hydrogen) atoms. The van der Waals surface area contributed by atoms with Gasteiger partial charge in [0.2, 0.25) is 0 Å². The Morgan fingerprint density at radius 2 is 1.95 bits per heavy atom. The Morgan fingerprint density at radius 1 is 1.00 bits per heavy atom. The minimum absolute atomic E-state index is 0.883. The second kappa shape index (κ2) is 8.93. The van der Waals surface area contributed by atoms with Crippen LogP contribution in [-0.4, -0.2) is 61.7 Å². The zero-order valence-corrected chi connectivity index (χ0v) is 12.9. The molecule has 0 saturated carbocycles. The number of piperazine rings is 1. The van der Waals surface area contributed by atoms with Crippen LogP contribution in [0.4, 0.5) is 0 Å². The Hall–Kier alpha value is -0.120. The highest BCUT2D eigenvalue weighted by molar-refractivity contribution is 4.84. The average Bonchev–Trinajstić information content (AvgIpc) is 2.46. The number of hydrogen-bond acceptors (Lipinski definition) is 3. The van der Waals surface area contributed by atoms with Gasteiger partial charge in [-0.05, 0) is 58.3 Å². The number of hydrogen-bond donors (Lipinski definition) is 1. The van der Waals surface area contributed by atoms with Gasteiger partial charge in [-0.25, -0.2) is 0 Å². The van der Waals surface area contributed by atoms with E-state index in [1.165, 1.54) is 90.8 Å². The van der Waals surface area contributed by atoms with Gasteiger partial charge < -0.3 is 10.2 Å². The number of fused-ring (bicyclic) bond motifs is 1. The van der Waals surface area contributed by atoms with E-state index in [-0.39, 0.29) is 0 Å². The van der Waals surface area contributed by atoms with E-state index in [1.807, 2.05) is 0 Å². The average molecular weight is 267 g/mol. The van der Waals surface area contributed by atoms with E-state index in [2.05, 4.69) is 22.0 Å². The molecular formula is C16H33N3. The molecule has 0 aromatic carbocycles. The van der Waals surface area contributed by atoms with E-state index >= 15 is 0 Å². The molecule has 0 aliphatic carbocycles. The van der Waals surface area contributed by atoms with Crippen molar-refractivity contribution in [2.45, 2.75) is 57.9 Å². The molecule has 112 valence electrons. The van der Waals surface area contributed by atoms with Crippen molar-refractivity contribution >= 4 is 0 Å². The van der Waals surface area contributed by atoms with Crippen LogP contribution in [0.25, 0.3) is 0 Å². The van der Waals surface area contributed by atoms with Gasteiger partial charge in [-0.3, -0.25) is 4.90 Å². The lowest BCUT2D eigenvalue weighted by molar-refractivity contribution is 0.0486. The smallest absolute Gasteiger partial charge is 0.0223 e. The number of piperidine rings is 1. The maximum absolute atomic E-state index is 3.49. The summed E-state index contributed by atoms with van der Waals surface area (Å²) in [5, 5.41) is 3.49. The Labute approximate surface area is 119 Å². The topological polar surface area (TPSA) is 18.5 Å². The zero-order valence-electron chi connectivity index (χ0n) is 12.9. The molecular weight excluding hydrogens is 234 g/mol. The van der Waals surface area contributed by atoms with Crippen molar-refractivity contribution in [3.63, 3.8) is 0 Å². The number of nitrogens with zero attached hydrogens (tertiary/aromatic N) is 2. The Bertz CT molecular complexity index is 232. The second-order valence-corrected chi connectivity index (χ2v) is 6.30. The largest absolute Gasteiger partial charge is 0.317 e. The van der Waals surface area contributed by atoms with E-state index in [1.54, 1.807) is 0 Å². The first-order valence-electron chi connectivity index (χ1n) is 8.57. The lowest BCUT2D eigenvalue weighted by Crippen LogP contribution is -2.54. The Kier molecular flexibility index (Phi) is 7.18. The van der Waals surface area contributed by atoms with Crippen molar-refractivity contribution in [1.82, 2.24) is 15.1 Å². The predicted octanol–water partition coefficient (Wildman–Crippen LogP) is 2.33. The van der Waals surface area contributed by atoms with Crippen LogP contribution in [0.2, 0.25) is 0 Å². The van der Waals surface area contributed by atoms with Crippen LogP contribution in [0.3, 0.4) is 0 Å². The van der Waals surface area contributed by atoms with Crippen molar-refractivity contribution in [2.75, 3.05) is 45.8 Å². The minimum atomic E-state index is 0.883. The van der Waals surface area contributed by atoms with E-state index < -0.39 is 0 Å². The summed E-state index contributed by atoms with van der Waals surface area (Å²) in [5.74, 6) is 0. The second-order valence-electron chi connectivity index (χ2n) is 6.30. The third-order valence-electron chi connectivity index (χ3n) is 4.68. The van der Waals surface area contributed by atoms with Gasteiger partial charge in [0.1, 0.15) is 0 Å². The SMILES string of the molecule is CCCNCCCCCN1CCN2CCCCC2C1. The van der Waals surface area contributed by atoms with E-state index in [0.717, 1.165) is 6.04 Å². The van der Waals surface area contributed by atoms with Crippen molar-refractivity contribution < 1.29 is 0 Å². The molecule has 0 bridgehead atoms. The minimum Gasteiger partial charge on any atom is -0.317 e. The van der Waals surface area contributed by atoms with Crippen LogP contribution >= 0.6 is 0 Å². The highest BCUT2D eigenvalue weighted by Crippen LogP contribution is 2.21. The van der Waals surface area contributed by atoms with Crippen LogP contribution in [0.15, 0.2) is 0 Å². The zero-order chi connectivity index (χ0) is 13.3. The molecule has 0 aromatic heterocycles. The molecule has 2 fully saturated rings. The standard InChI is InChI=1S/C16H33N3/c1-2-9-17-10-5-3-6-11-18-13-14-19-12-7-4-8-16(19)15-18/h16-17H,2-15H2,1H3. The predicted molar refractivity (Wildman–Crippen MR) is 82.7 cm³/mol. The molecule has 0 aromatic rings. The third-order valence-corrected chi connectivity index (χ3v) is 4.68. The van der Waals surface area contributed by atoms with Crippen LogP contribution in [0.5, 0.6) is 0 Å². The monoisotopic (exact) mass is 267 g/mol. The lowest BCUT2D eigenvalue weighted by Gasteiger charge is -2.44. The maximum atomic E-state index is 3.49. The molecule has 3 nitrogen and oxygen atoms in total. The van der Waals surface area contributed by atoms with Crippen molar-refractivity contribution in [1.29, 1.82) is 0 Å². The fourth-order valence-corrected chi connectivity index (χ4v) is 3.49. The van der Waals surface area contributed by atoms with Crippen molar-refractivity contribution in [3.8, 4) is 0 Å². The van der Waals surface area contributed by atoms with Gasteiger partial charge in [0.05, 0.1) is 0 Å². The van der Waals surface area contributed by atoms with Crippen LogP contribution < -0.4 is 5.32 Å². The summed E-state index contributed by atoms with van der Waals surface area (Å²) in [7, 11) is 0. The first-order chi connectivity index (χ1) is 9.40. The molecule has 0 spiro atoms. The first kappa shape index (κ1) is 15.3. The van der Waals surface area contributed by atoms with Crippen LogP contribution in [0.1, 0.15) is 51.9 Å². The third kappa shape index (κ3) is 5.41. The van der Waals surface area contributed by atoms with Gasteiger partial charge in [-0.15, -0.1) is 0 Å². The molecule has 0 amide bonds. The summed E-state index contributed by atoms with van der Waals surface area (Å²) in [6.07, 6.45) is 9.72. The lowest BCUT2D eigenvalue weighted by atomic mass is 9.99. The van der Waals surface area contributed by atoms with E-state index in [0.29, 0.717) is 0 Å². The molecule has 2 rings (SSSR count). The van der Waals surface area contributed by atoms with E-state index in [4.69, 9.17) is 0 Å². The van der Waals surface area contributed by atoms with E-state index in [9.17, 15) is 0 Å². The molecule has 2 heterocycles. The summed E-state index contributed by atoms with van der Waals surface area (Å²) in [5.41, 5.74) is 0. The summed E-state index contributed by atoms with van der Waals surface area (Å²) >= 11 is 0. The molecule has 1 unspecified atom stereocenters. The summed E-state index contributed by atoms with van der Waals surface area (Å²) in [6.45, 7) is 11.3. The van der Waals surface area contributed by atoms with Gasteiger partial charge in [-0.2, -0.15) is 0 Å². The molecule has 1 atom stereocenters. The first-order valence-corrected chi connectivity index (χ1v) is 8.57. The van der Waals surface area contributed by atoms with Crippen molar-refractivity contribution in [3.05, 3.63) is 0 Å². The summed E-state index contributed by atoms with van der Waals surface area (Å²) in [4.78, 5) is 5.45. The molecule has 2 aliphatic rings. The normalized spacial score (nSPS) is 25.4. The molecule has 3 heteroatoms. The van der Waals surface area contributed by atoms with Gasteiger partial charge >= 0.3 is 0 Å². The van der Waals surface area contributed by atoms with Crippen LogP contribution in [0, 0.1) is 0 Å². The molecule has 1 N–H and O–H groups in total. The summed E-state index contributed by atoms with van der Waals surface area (Å²) in [6, 6.07) is 0.883. The fraction of sp³-hybridized carbons (Fsp3) is 1.00. The maximum Gasteiger partial charge on any atom is 0.0223 e. The summed E-state index contributed by atoms with van der Waals surface area (Å²) < 4.78 is 0. The van der Waals surface area contributed by atoms with Crippen LogP contribution in [-0.2, 0) is 0 Å². The highest BCUT2D eigenvalue weighted by Gasteiger charge is 2.28. The fourth-order valence-electron chi connectivity index (χ4n) is 3.49. The number of unbranched alkanes of at least 4 members (excludes halogenated alkanes) is 2. The molecule has 0 radical (unpaired) electrons. The van der Waals surface area contributed by atoms with Gasteiger partial charge in [0, 0.05) is 25.7 Å². The molecule has 2 saturated heterocycles. The number of nitrogens with one attached hydrogen (secondary N) is 1. The van der Waals surface area contributed by atoms with Gasteiger partial charge in [0.15, 0.2) is 0 Å². The quantitative estimate of drug-likeness (QED) is 0.681. The Balaban J connectivity index is 1.50. The Morgan fingerprint density at radius 3 is 2.84 bits per heavy atom. The van der Waals surface area contributed by atoms with Gasteiger partial charge in [0.25, 0.3) is 0 Å². The van der Waals surface area contributed by atoms with Gasteiger partial charge in [-0.1, -0.05) is 19.8 Å².